The molecule has 1 fully saturated rings. The van der Waals surface area contributed by atoms with E-state index >= 15 is 0 Å². The summed E-state index contributed by atoms with van der Waals surface area (Å²) < 4.78 is 12.7. The molecule has 1 saturated heterocycles. The summed E-state index contributed by atoms with van der Waals surface area (Å²) in [6, 6.07) is 4.38. The molecule has 0 aromatic heterocycles. The molecule has 2 atom stereocenters. The van der Waals surface area contributed by atoms with Gasteiger partial charge in [0.1, 0.15) is 11.9 Å². The zero-order valence-corrected chi connectivity index (χ0v) is 11.1. The summed E-state index contributed by atoms with van der Waals surface area (Å²) in [5.41, 5.74) is 11.0. The van der Waals surface area contributed by atoms with Gasteiger partial charge in [0.2, 0.25) is 0 Å². The van der Waals surface area contributed by atoms with Crippen LogP contribution in [0.5, 0.6) is 0 Å². The van der Waals surface area contributed by atoms with Crippen LogP contribution in [0.25, 0.3) is 0 Å². The van der Waals surface area contributed by atoms with Gasteiger partial charge < -0.3 is 10.6 Å². The summed E-state index contributed by atoms with van der Waals surface area (Å²) in [7, 11) is 0. The van der Waals surface area contributed by atoms with Crippen molar-refractivity contribution in [2.24, 2.45) is 11.7 Å². The van der Waals surface area contributed by atoms with Gasteiger partial charge in [-0.25, -0.2) is 9.18 Å². The fourth-order valence-corrected chi connectivity index (χ4v) is 2.29. The minimum absolute atomic E-state index is 0.226. The van der Waals surface area contributed by atoms with Crippen molar-refractivity contribution in [3.05, 3.63) is 30.1 Å². The van der Waals surface area contributed by atoms with E-state index in [1.165, 1.54) is 29.2 Å². The average Bonchev–Trinajstić information content (AvgIpc) is 2.80. The van der Waals surface area contributed by atoms with Crippen molar-refractivity contribution in [2.75, 3.05) is 12.0 Å². The summed E-state index contributed by atoms with van der Waals surface area (Å²) in [4.78, 5) is 24.7. The minimum atomic E-state index is -0.601. The lowest BCUT2D eigenvalue weighted by atomic mass is 10.1. The number of nitrogens with two attached hydrogens (primary N) is 1. The van der Waals surface area contributed by atoms with E-state index in [2.05, 4.69) is 10.9 Å². The standard InChI is InChI=1S/C13H17FN4O2/c1-8-6-11(18(7-8)13(15)20)12(19)17-16-10-4-2-9(14)3-5-10/h2-5,8,11,16H,6-7H2,1H3,(H2,15,20)(H,17,19). The average molecular weight is 280 g/mol. The molecule has 7 heteroatoms. The monoisotopic (exact) mass is 280 g/mol. The van der Waals surface area contributed by atoms with Crippen LogP contribution in [0.1, 0.15) is 13.3 Å². The number of hydrazine groups is 1. The molecule has 2 unspecified atom stereocenters. The Morgan fingerprint density at radius 2 is 2.00 bits per heavy atom. The first-order valence-corrected chi connectivity index (χ1v) is 6.35. The van der Waals surface area contributed by atoms with Gasteiger partial charge >= 0.3 is 6.03 Å². The number of nitrogens with one attached hydrogen (secondary N) is 2. The van der Waals surface area contributed by atoms with Gasteiger partial charge in [-0.05, 0) is 36.6 Å². The second-order valence-electron chi connectivity index (χ2n) is 4.97. The zero-order chi connectivity index (χ0) is 14.7. The highest BCUT2D eigenvalue weighted by Gasteiger charge is 2.36. The van der Waals surface area contributed by atoms with Gasteiger partial charge in [-0.15, -0.1) is 0 Å². The third kappa shape index (κ3) is 3.17. The van der Waals surface area contributed by atoms with Gasteiger partial charge in [0, 0.05) is 6.54 Å². The van der Waals surface area contributed by atoms with Crippen molar-refractivity contribution in [3.63, 3.8) is 0 Å². The molecule has 1 aliphatic rings. The molecule has 20 heavy (non-hydrogen) atoms. The highest BCUT2D eigenvalue weighted by molar-refractivity contribution is 5.87. The summed E-state index contributed by atoms with van der Waals surface area (Å²) in [5, 5.41) is 0. The molecular weight excluding hydrogens is 263 g/mol. The SMILES string of the molecule is CC1CC(C(=O)NNc2ccc(F)cc2)N(C(N)=O)C1. The summed E-state index contributed by atoms with van der Waals surface area (Å²) in [6.45, 7) is 2.43. The first kappa shape index (κ1) is 14.1. The van der Waals surface area contributed by atoms with Crippen LogP contribution in [0.3, 0.4) is 0 Å². The van der Waals surface area contributed by atoms with E-state index in [0.717, 1.165) is 0 Å². The molecule has 3 amide bonds. The number of primary amides is 1. The molecule has 6 nitrogen and oxygen atoms in total. The van der Waals surface area contributed by atoms with E-state index in [0.29, 0.717) is 18.7 Å². The zero-order valence-electron chi connectivity index (χ0n) is 11.1. The third-order valence-corrected chi connectivity index (χ3v) is 3.27. The van der Waals surface area contributed by atoms with Crippen molar-refractivity contribution in [3.8, 4) is 0 Å². The molecule has 0 radical (unpaired) electrons. The Kier molecular flexibility index (Phi) is 4.07. The van der Waals surface area contributed by atoms with Crippen molar-refractivity contribution >= 4 is 17.6 Å². The number of amides is 3. The number of rotatable bonds is 3. The smallest absolute Gasteiger partial charge is 0.315 e. The number of likely N-dealkylation sites (tertiary alicyclic amines) is 1. The minimum Gasteiger partial charge on any atom is -0.351 e. The van der Waals surface area contributed by atoms with Crippen LogP contribution in [-0.2, 0) is 4.79 Å². The maximum absolute atomic E-state index is 12.7. The predicted molar refractivity (Wildman–Crippen MR) is 72.0 cm³/mol. The molecule has 0 spiro atoms. The molecular formula is C13H17FN4O2. The topological polar surface area (TPSA) is 87.5 Å². The number of carbonyl (C=O) groups is 2. The number of urea groups is 1. The molecule has 0 saturated carbocycles. The first-order chi connectivity index (χ1) is 9.47. The Bertz CT molecular complexity index is 506. The van der Waals surface area contributed by atoms with Crippen molar-refractivity contribution in [2.45, 2.75) is 19.4 Å². The lowest BCUT2D eigenvalue weighted by Crippen LogP contribution is -2.49. The Hall–Kier alpha value is -2.31. The first-order valence-electron chi connectivity index (χ1n) is 6.35. The van der Waals surface area contributed by atoms with E-state index in [9.17, 15) is 14.0 Å². The van der Waals surface area contributed by atoms with Crippen LogP contribution in [-0.4, -0.2) is 29.4 Å². The molecule has 0 bridgehead atoms. The maximum atomic E-state index is 12.7. The highest BCUT2D eigenvalue weighted by Crippen LogP contribution is 2.22. The molecule has 1 heterocycles. The number of halogens is 1. The van der Waals surface area contributed by atoms with Crippen molar-refractivity contribution in [1.29, 1.82) is 0 Å². The number of carbonyl (C=O) groups excluding carboxylic acids is 2. The Morgan fingerprint density at radius 1 is 1.35 bits per heavy atom. The van der Waals surface area contributed by atoms with Gasteiger partial charge in [-0.2, -0.15) is 0 Å². The normalized spacial score (nSPS) is 21.6. The second-order valence-corrected chi connectivity index (χ2v) is 4.97. The van der Waals surface area contributed by atoms with Crippen molar-refractivity contribution in [1.82, 2.24) is 10.3 Å². The number of hydrogen-bond acceptors (Lipinski definition) is 3. The largest absolute Gasteiger partial charge is 0.351 e. The van der Waals surface area contributed by atoms with Gasteiger partial charge in [-0.3, -0.25) is 15.6 Å². The molecule has 2 rings (SSSR count). The second kappa shape index (κ2) is 5.77. The number of anilines is 1. The maximum Gasteiger partial charge on any atom is 0.315 e. The van der Waals surface area contributed by atoms with Crippen LogP contribution in [0.4, 0.5) is 14.9 Å². The quantitative estimate of drug-likeness (QED) is 0.723. The van der Waals surface area contributed by atoms with Crippen LogP contribution < -0.4 is 16.6 Å². The van der Waals surface area contributed by atoms with E-state index in [4.69, 9.17) is 5.73 Å². The summed E-state index contributed by atoms with van der Waals surface area (Å²) in [5.74, 6) is -0.465. The number of nitrogens with zero attached hydrogens (tertiary/aromatic N) is 1. The Balaban J connectivity index is 1.94. The molecule has 1 aliphatic heterocycles. The molecule has 108 valence electrons. The van der Waals surface area contributed by atoms with Crippen LogP contribution in [0.15, 0.2) is 24.3 Å². The molecule has 0 aliphatic carbocycles. The fraction of sp³-hybridized carbons (Fsp3) is 0.385. The molecule has 4 N–H and O–H groups in total. The predicted octanol–water partition coefficient (Wildman–Crippen LogP) is 1.06. The van der Waals surface area contributed by atoms with Crippen LogP contribution >= 0.6 is 0 Å². The Morgan fingerprint density at radius 3 is 2.60 bits per heavy atom. The summed E-state index contributed by atoms with van der Waals surface area (Å²) >= 11 is 0. The van der Waals surface area contributed by atoms with Gasteiger partial charge in [0.25, 0.3) is 5.91 Å². The summed E-state index contributed by atoms with van der Waals surface area (Å²) in [6.07, 6.45) is 0.569. The van der Waals surface area contributed by atoms with Gasteiger partial charge in [-0.1, -0.05) is 6.92 Å². The van der Waals surface area contributed by atoms with E-state index < -0.39 is 12.1 Å². The molecule has 1 aromatic rings. The number of benzene rings is 1. The number of hydrogen-bond donors (Lipinski definition) is 3. The fourth-order valence-electron chi connectivity index (χ4n) is 2.29. The highest BCUT2D eigenvalue weighted by atomic mass is 19.1. The lowest BCUT2D eigenvalue weighted by Gasteiger charge is -2.22. The third-order valence-electron chi connectivity index (χ3n) is 3.27. The van der Waals surface area contributed by atoms with E-state index in [-0.39, 0.29) is 17.6 Å². The van der Waals surface area contributed by atoms with Crippen LogP contribution in [0.2, 0.25) is 0 Å². The van der Waals surface area contributed by atoms with Crippen LogP contribution in [0, 0.1) is 11.7 Å². The van der Waals surface area contributed by atoms with Gasteiger partial charge in [0.15, 0.2) is 0 Å². The van der Waals surface area contributed by atoms with E-state index in [1.54, 1.807) is 0 Å². The van der Waals surface area contributed by atoms with Gasteiger partial charge in [0.05, 0.1) is 5.69 Å². The molecule has 1 aromatic carbocycles. The van der Waals surface area contributed by atoms with Crippen molar-refractivity contribution < 1.29 is 14.0 Å². The van der Waals surface area contributed by atoms with E-state index in [1.807, 2.05) is 6.92 Å². The Labute approximate surface area is 116 Å². The lowest BCUT2D eigenvalue weighted by molar-refractivity contribution is -0.124.